The van der Waals surface area contributed by atoms with Crippen LogP contribution in [0.5, 0.6) is 0 Å². The molecule has 0 atom stereocenters. The first-order valence-corrected chi connectivity index (χ1v) is 19.0. The Labute approximate surface area is 325 Å². The molecule has 0 fully saturated rings. The van der Waals surface area contributed by atoms with Crippen molar-refractivity contribution in [2.75, 3.05) is 0 Å². The molecule has 0 N–H and O–H groups in total. The molecular weight excluding hydrogens is 699 g/mol. The van der Waals surface area contributed by atoms with Crippen LogP contribution in [0.1, 0.15) is 5.56 Å². The quantitative estimate of drug-likeness (QED) is 0.181. The van der Waals surface area contributed by atoms with E-state index in [1.165, 1.54) is 0 Å². The fourth-order valence-corrected chi connectivity index (χ4v) is 8.97. The topological polar surface area (TPSA) is 72.6 Å². The van der Waals surface area contributed by atoms with Crippen molar-refractivity contribution >= 4 is 76.5 Å². The molecule has 0 unspecified atom stereocenters. The van der Waals surface area contributed by atoms with Gasteiger partial charge < -0.3 is 13.6 Å². The van der Waals surface area contributed by atoms with E-state index >= 15 is 0 Å². The van der Waals surface area contributed by atoms with Gasteiger partial charge in [-0.2, -0.15) is 5.26 Å². The van der Waals surface area contributed by atoms with Crippen LogP contribution in [0.2, 0.25) is 0 Å². The zero-order chi connectivity index (χ0) is 37.6. The second kappa shape index (κ2) is 12.0. The number of fused-ring (bicyclic) bond motifs is 13. The normalized spacial score (nSPS) is 11.8. The monoisotopic (exact) mass is 727 g/mol. The third kappa shape index (κ3) is 4.45. The molecule has 0 spiro atoms. The van der Waals surface area contributed by atoms with Crippen LogP contribution in [0.3, 0.4) is 0 Å². The molecule has 4 aromatic heterocycles. The second-order valence-corrected chi connectivity index (χ2v) is 14.4. The first kappa shape index (κ1) is 31.4. The Morgan fingerprint density at radius 1 is 0.491 bits per heavy atom. The van der Waals surface area contributed by atoms with Crippen LogP contribution < -0.4 is 0 Å². The van der Waals surface area contributed by atoms with Gasteiger partial charge in [-0.1, -0.05) is 121 Å². The highest BCUT2D eigenvalue weighted by atomic mass is 16.3. The van der Waals surface area contributed by atoms with Gasteiger partial charge in [0.2, 0.25) is 0 Å². The van der Waals surface area contributed by atoms with Crippen molar-refractivity contribution < 1.29 is 4.42 Å². The van der Waals surface area contributed by atoms with Gasteiger partial charge in [0.1, 0.15) is 5.58 Å². The van der Waals surface area contributed by atoms with Crippen molar-refractivity contribution in [3.63, 3.8) is 0 Å². The highest BCUT2D eigenvalue weighted by molar-refractivity contribution is 6.39. The van der Waals surface area contributed by atoms with Gasteiger partial charge in [-0.15, -0.1) is 0 Å². The highest BCUT2D eigenvalue weighted by Gasteiger charge is 2.28. The van der Waals surface area contributed by atoms with Crippen LogP contribution in [0.4, 0.5) is 0 Å². The maximum atomic E-state index is 10.9. The summed E-state index contributed by atoms with van der Waals surface area (Å²) in [5, 5.41) is 18.4. The lowest BCUT2D eigenvalue weighted by Gasteiger charge is -2.13. The lowest BCUT2D eigenvalue weighted by atomic mass is 10.0. The first-order chi connectivity index (χ1) is 28.3. The standard InChI is InChI=1S/C51H29N5O/c52-30-32-29-34(27-28-35(32)51-53-40-23-11-7-19-36(40)47(54-51)31-15-3-1-4-16-31)56-41-24-12-8-20-37(41)44-45-39-22-10-14-26-43(39)57-50(45)49-46(48(44)56)38-21-9-13-25-42(38)55(49)33-17-5-2-6-18-33/h1-29H. The van der Waals surface area contributed by atoms with E-state index in [4.69, 9.17) is 14.4 Å². The second-order valence-electron chi connectivity index (χ2n) is 14.4. The number of benzene rings is 8. The van der Waals surface area contributed by atoms with Gasteiger partial charge in [-0.25, -0.2) is 9.97 Å². The largest absolute Gasteiger partial charge is 0.454 e. The minimum Gasteiger partial charge on any atom is -0.454 e. The maximum absolute atomic E-state index is 10.9. The number of hydrogen-bond donors (Lipinski definition) is 0. The van der Waals surface area contributed by atoms with Crippen LogP contribution in [0.25, 0.3) is 110 Å². The summed E-state index contributed by atoms with van der Waals surface area (Å²) in [4.78, 5) is 10.1. The molecule has 0 radical (unpaired) electrons. The number of furan rings is 1. The van der Waals surface area contributed by atoms with Gasteiger partial charge in [0.25, 0.3) is 0 Å². The molecule has 8 aromatic carbocycles. The lowest BCUT2D eigenvalue weighted by molar-refractivity contribution is 0.671. The molecule has 6 nitrogen and oxygen atoms in total. The highest BCUT2D eigenvalue weighted by Crippen LogP contribution is 2.49. The first-order valence-electron chi connectivity index (χ1n) is 19.0. The Morgan fingerprint density at radius 2 is 1.11 bits per heavy atom. The molecule has 0 aliphatic rings. The molecule has 0 saturated heterocycles. The average Bonchev–Trinajstić information content (AvgIpc) is 3.94. The van der Waals surface area contributed by atoms with Crippen LogP contribution in [-0.2, 0) is 0 Å². The smallest absolute Gasteiger partial charge is 0.161 e. The van der Waals surface area contributed by atoms with Crippen LogP contribution >= 0.6 is 0 Å². The third-order valence-corrected chi connectivity index (χ3v) is 11.3. The van der Waals surface area contributed by atoms with E-state index in [-0.39, 0.29) is 0 Å². The van der Waals surface area contributed by atoms with Gasteiger partial charge in [-0.05, 0) is 54.6 Å². The summed E-state index contributed by atoms with van der Waals surface area (Å²) in [6.07, 6.45) is 0. The molecule has 0 aliphatic heterocycles. The van der Waals surface area contributed by atoms with Crippen LogP contribution in [-0.4, -0.2) is 19.1 Å². The summed E-state index contributed by atoms with van der Waals surface area (Å²) in [7, 11) is 0. The Morgan fingerprint density at radius 3 is 1.86 bits per heavy atom. The van der Waals surface area contributed by atoms with Crippen molar-refractivity contribution in [2.24, 2.45) is 0 Å². The Bertz CT molecular complexity index is 3640. The van der Waals surface area contributed by atoms with Crippen molar-refractivity contribution in [1.82, 2.24) is 19.1 Å². The Balaban J connectivity index is 1.22. The number of nitriles is 1. The fourth-order valence-electron chi connectivity index (χ4n) is 8.97. The summed E-state index contributed by atoms with van der Waals surface area (Å²) >= 11 is 0. The van der Waals surface area contributed by atoms with E-state index in [1.807, 2.05) is 66.7 Å². The van der Waals surface area contributed by atoms with Gasteiger partial charge in [-0.3, -0.25) is 0 Å². The Hall–Kier alpha value is -8.01. The molecule has 0 bridgehead atoms. The molecule has 0 amide bonds. The summed E-state index contributed by atoms with van der Waals surface area (Å²) in [5.74, 6) is 0.512. The molecule has 0 aliphatic carbocycles. The minimum atomic E-state index is 0.491. The van der Waals surface area contributed by atoms with Crippen LogP contribution in [0.15, 0.2) is 180 Å². The number of rotatable bonds is 4. The van der Waals surface area contributed by atoms with Crippen molar-refractivity contribution in [3.05, 3.63) is 181 Å². The van der Waals surface area contributed by atoms with E-state index in [0.717, 1.165) is 99.1 Å². The minimum absolute atomic E-state index is 0.491. The van der Waals surface area contributed by atoms with Gasteiger partial charge in [0, 0.05) is 60.2 Å². The fraction of sp³-hybridized carbons (Fsp3) is 0. The summed E-state index contributed by atoms with van der Waals surface area (Å²) < 4.78 is 11.6. The average molecular weight is 728 g/mol. The maximum Gasteiger partial charge on any atom is 0.161 e. The zero-order valence-electron chi connectivity index (χ0n) is 30.4. The predicted molar refractivity (Wildman–Crippen MR) is 231 cm³/mol. The van der Waals surface area contributed by atoms with E-state index in [1.54, 1.807) is 0 Å². The predicted octanol–water partition coefficient (Wildman–Crippen LogP) is 12.9. The third-order valence-electron chi connectivity index (χ3n) is 11.3. The molecule has 264 valence electrons. The number of para-hydroxylation sites is 5. The van der Waals surface area contributed by atoms with Gasteiger partial charge in [0.05, 0.1) is 44.9 Å². The molecule has 12 aromatic rings. The van der Waals surface area contributed by atoms with E-state index in [0.29, 0.717) is 17.0 Å². The van der Waals surface area contributed by atoms with Crippen molar-refractivity contribution in [1.29, 1.82) is 5.26 Å². The molecule has 12 rings (SSSR count). The van der Waals surface area contributed by atoms with E-state index in [9.17, 15) is 5.26 Å². The summed E-state index contributed by atoms with van der Waals surface area (Å²) in [5.41, 5.74) is 11.6. The molecular formula is C51H29N5O. The molecule has 57 heavy (non-hydrogen) atoms. The summed E-state index contributed by atoms with van der Waals surface area (Å²) in [6.45, 7) is 0. The molecule has 0 saturated carbocycles. The number of aromatic nitrogens is 4. The zero-order valence-corrected chi connectivity index (χ0v) is 30.4. The van der Waals surface area contributed by atoms with E-state index < -0.39 is 0 Å². The van der Waals surface area contributed by atoms with Gasteiger partial charge >= 0.3 is 0 Å². The van der Waals surface area contributed by atoms with Gasteiger partial charge in [0.15, 0.2) is 11.4 Å². The van der Waals surface area contributed by atoms with E-state index in [2.05, 4.69) is 124 Å². The molecule has 4 heterocycles. The lowest BCUT2D eigenvalue weighted by Crippen LogP contribution is -2.00. The van der Waals surface area contributed by atoms with Crippen LogP contribution in [0, 0.1) is 11.3 Å². The van der Waals surface area contributed by atoms with Crippen molar-refractivity contribution in [2.45, 2.75) is 0 Å². The SMILES string of the molecule is N#Cc1cc(-n2c3ccccc3c3c4c5ccccc5oc4c4c(c5ccccc5n4-c4ccccc4)c32)ccc1-c1nc(-c2ccccc2)c2ccccc2n1. The number of hydrogen-bond acceptors (Lipinski definition) is 4. The van der Waals surface area contributed by atoms with Crippen molar-refractivity contribution in [3.8, 4) is 40.1 Å². The Kier molecular flexibility index (Phi) is 6.60. The number of nitrogens with zero attached hydrogens (tertiary/aromatic N) is 5. The summed E-state index contributed by atoms with van der Waals surface area (Å²) in [6, 6.07) is 62.8. The molecule has 6 heteroatoms.